The van der Waals surface area contributed by atoms with Gasteiger partial charge >= 0.3 is 0 Å². The van der Waals surface area contributed by atoms with Gasteiger partial charge in [-0.15, -0.1) is 0 Å². The van der Waals surface area contributed by atoms with E-state index in [2.05, 4.69) is 44.0 Å². The molecule has 0 aliphatic carbocycles. The van der Waals surface area contributed by atoms with Crippen LogP contribution in [0.2, 0.25) is 0 Å². The van der Waals surface area contributed by atoms with Gasteiger partial charge in [0.15, 0.2) is 0 Å². The van der Waals surface area contributed by atoms with Gasteiger partial charge in [-0.05, 0) is 44.5 Å². The Morgan fingerprint density at radius 3 is 2.94 bits per heavy atom. The van der Waals surface area contributed by atoms with Gasteiger partial charge in [-0.2, -0.15) is 0 Å². The van der Waals surface area contributed by atoms with E-state index in [1.807, 2.05) is 0 Å². The lowest BCUT2D eigenvalue weighted by atomic mass is 10.1. The summed E-state index contributed by atoms with van der Waals surface area (Å²) in [6.45, 7) is 6.44. The first-order valence-electron chi connectivity index (χ1n) is 6.11. The molecule has 1 aromatic rings. The maximum Gasteiger partial charge on any atom is 0.122 e. The van der Waals surface area contributed by atoms with E-state index in [9.17, 15) is 0 Å². The lowest BCUT2D eigenvalue weighted by molar-refractivity contribution is 0.277. The van der Waals surface area contributed by atoms with Crippen LogP contribution in [0.3, 0.4) is 0 Å². The van der Waals surface area contributed by atoms with Crippen molar-refractivity contribution in [2.24, 2.45) is 0 Å². The molecule has 88 valence electrons. The van der Waals surface area contributed by atoms with E-state index in [1.165, 1.54) is 11.1 Å². The summed E-state index contributed by atoms with van der Waals surface area (Å²) in [5.41, 5.74) is 2.81. The standard InChI is InChI=1S/C14H21NO/c1-11(2)15(3)8-6-12-4-5-14-13(10-12)7-9-16-14/h4-5,10-11H,6-9H2,1-3H3. The van der Waals surface area contributed by atoms with Crippen molar-refractivity contribution in [1.29, 1.82) is 0 Å². The molecule has 0 atom stereocenters. The van der Waals surface area contributed by atoms with Crippen LogP contribution < -0.4 is 4.74 Å². The van der Waals surface area contributed by atoms with Gasteiger partial charge in [0.2, 0.25) is 0 Å². The second-order valence-electron chi connectivity index (χ2n) is 4.86. The smallest absolute Gasteiger partial charge is 0.122 e. The molecule has 1 aliphatic heterocycles. The second-order valence-corrected chi connectivity index (χ2v) is 4.86. The van der Waals surface area contributed by atoms with Gasteiger partial charge < -0.3 is 9.64 Å². The molecule has 2 heteroatoms. The fraction of sp³-hybridized carbons (Fsp3) is 0.571. The third kappa shape index (κ3) is 2.56. The van der Waals surface area contributed by atoms with Gasteiger partial charge in [-0.25, -0.2) is 0 Å². The highest BCUT2D eigenvalue weighted by Crippen LogP contribution is 2.25. The zero-order chi connectivity index (χ0) is 11.5. The quantitative estimate of drug-likeness (QED) is 0.771. The number of hydrogen-bond donors (Lipinski definition) is 0. The maximum atomic E-state index is 5.51. The third-order valence-electron chi connectivity index (χ3n) is 3.39. The zero-order valence-electron chi connectivity index (χ0n) is 10.5. The molecule has 0 saturated heterocycles. The Hall–Kier alpha value is -1.02. The van der Waals surface area contributed by atoms with Gasteiger partial charge in [0.05, 0.1) is 6.61 Å². The number of likely N-dealkylation sites (N-methyl/N-ethyl adjacent to an activating group) is 1. The van der Waals surface area contributed by atoms with Gasteiger partial charge in [-0.3, -0.25) is 0 Å². The Morgan fingerprint density at radius 1 is 1.38 bits per heavy atom. The molecule has 0 unspecified atom stereocenters. The molecule has 0 amide bonds. The highest BCUT2D eigenvalue weighted by molar-refractivity contribution is 5.39. The molecule has 0 spiro atoms. The lowest BCUT2D eigenvalue weighted by Gasteiger charge is -2.20. The average molecular weight is 219 g/mol. The van der Waals surface area contributed by atoms with Gasteiger partial charge in [-0.1, -0.05) is 12.1 Å². The molecule has 16 heavy (non-hydrogen) atoms. The summed E-state index contributed by atoms with van der Waals surface area (Å²) >= 11 is 0. The minimum absolute atomic E-state index is 0.623. The molecule has 1 aliphatic rings. The Morgan fingerprint density at radius 2 is 2.19 bits per heavy atom. The molecular formula is C14H21NO. The fourth-order valence-electron chi connectivity index (χ4n) is 1.96. The normalized spacial score (nSPS) is 14.3. The Labute approximate surface area is 98.2 Å². The number of nitrogens with zero attached hydrogens (tertiary/aromatic N) is 1. The predicted octanol–water partition coefficient (Wildman–Crippen LogP) is 2.50. The summed E-state index contributed by atoms with van der Waals surface area (Å²) in [5, 5.41) is 0. The number of hydrogen-bond acceptors (Lipinski definition) is 2. The fourth-order valence-corrected chi connectivity index (χ4v) is 1.96. The lowest BCUT2D eigenvalue weighted by Crippen LogP contribution is -2.28. The molecule has 1 heterocycles. The van der Waals surface area contributed by atoms with Crippen LogP contribution in [0.5, 0.6) is 5.75 Å². The van der Waals surface area contributed by atoms with E-state index < -0.39 is 0 Å². The SMILES string of the molecule is CC(C)N(C)CCc1ccc2c(c1)CCO2. The first-order valence-corrected chi connectivity index (χ1v) is 6.11. The van der Waals surface area contributed by atoms with E-state index in [0.29, 0.717) is 6.04 Å². The Kier molecular flexibility index (Phi) is 3.49. The highest BCUT2D eigenvalue weighted by atomic mass is 16.5. The van der Waals surface area contributed by atoms with Crippen molar-refractivity contribution in [3.63, 3.8) is 0 Å². The summed E-state index contributed by atoms with van der Waals surface area (Å²) in [4.78, 5) is 2.38. The molecule has 2 nitrogen and oxygen atoms in total. The van der Waals surface area contributed by atoms with Crippen LogP contribution in [0, 0.1) is 0 Å². The van der Waals surface area contributed by atoms with E-state index in [0.717, 1.165) is 31.7 Å². The molecule has 0 fully saturated rings. The minimum Gasteiger partial charge on any atom is -0.493 e. The van der Waals surface area contributed by atoms with Crippen LogP contribution in [-0.2, 0) is 12.8 Å². The summed E-state index contributed by atoms with van der Waals surface area (Å²) in [6.07, 6.45) is 2.20. The number of ether oxygens (including phenoxy) is 1. The third-order valence-corrected chi connectivity index (χ3v) is 3.39. The van der Waals surface area contributed by atoms with Gasteiger partial charge in [0.1, 0.15) is 5.75 Å². The van der Waals surface area contributed by atoms with E-state index >= 15 is 0 Å². The number of rotatable bonds is 4. The van der Waals surface area contributed by atoms with Crippen molar-refractivity contribution in [1.82, 2.24) is 4.90 Å². The molecule has 0 bridgehead atoms. The average Bonchev–Trinajstić information content (AvgIpc) is 2.72. The summed E-state index contributed by atoms with van der Waals surface area (Å²) < 4.78 is 5.51. The van der Waals surface area contributed by atoms with Crippen LogP contribution in [0.15, 0.2) is 18.2 Å². The Balaban J connectivity index is 1.95. The predicted molar refractivity (Wildman–Crippen MR) is 67.1 cm³/mol. The van der Waals surface area contributed by atoms with E-state index in [4.69, 9.17) is 4.74 Å². The number of fused-ring (bicyclic) bond motifs is 1. The first-order chi connectivity index (χ1) is 7.66. The largest absolute Gasteiger partial charge is 0.493 e. The molecule has 2 rings (SSSR count). The van der Waals surface area contributed by atoms with E-state index in [-0.39, 0.29) is 0 Å². The van der Waals surface area contributed by atoms with Crippen LogP contribution in [0.1, 0.15) is 25.0 Å². The molecular weight excluding hydrogens is 198 g/mol. The van der Waals surface area contributed by atoms with Crippen molar-refractivity contribution in [2.75, 3.05) is 20.2 Å². The maximum absolute atomic E-state index is 5.51. The Bertz CT molecular complexity index is 360. The van der Waals surface area contributed by atoms with Crippen molar-refractivity contribution in [3.8, 4) is 5.75 Å². The topological polar surface area (TPSA) is 12.5 Å². The highest BCUT2D eigenvalue weighted by Gasteiger charge is 2.12. The first kappa shape index (κ1) is 11.5. The monoisotopic (exact) mass is 219 g/mol. The van der Waals surface area contributed by atoms with Gasteiger partial charge in [0, 0.05) is 19.0 Å². The molecule has 0 radical (unpaired) electrons. The van der Waals surface area contributed by atoms with Gasteiger partial charge in [0.25, 0.3) is 0 Å². The molecule has 0 N–H and O–H groups in total. The summed E-state index contributed by atoms with van der Waals surface area (Å²) in [5.74, 6) is 1.08. The van der Waals surface area contributed by atoms with Crippen LogP contribution >= 0.6 is 0 Å². The number of benzene rings is 1. The van der Waals surface area contributed by atoms with Crippen LogP contribution in [-0.4, -0.2) is 31.1 Å². The molecule has 1 aromatic carbocycles. The molecule has 0 aromatic heterocycles. The second kappa shape index (κ2) is 4.88. The van der Waals surface area contributed by atoms with Crippen LogP contribution in [0.4, 0.5) is 0 Å². The minimum atomic E-state index is 0.623. The molecule has 0 saturated carbocycles. The summed E-state index contributed by atoms with van der Waals surface area (Å²) in [7, 11) is 2.18. The zero-order valence-corrected chi connectivity index (χ0v) is 10.5. The van der Waals surface area contributed by atoms with Crippen molar-refractivity contribution < 1.29 is 4.74 Å². The van der Waals surface area contributed by atoms with Crippen molar-refractivity contribution in [2.45, 2.75) is 32.7 Å². The van der Waals surface area contributed by atoms with Crippen LogP contribution in [0.25, 0.3) is 0 Å². The van der Waals surface area contributed by atoms with Crippen molar-refractivity contribution >= 4 is 0 Å². The summed E-state index contributed by atoms with van der Waals surface area (Å²) in [6, 6.07) is 7.24. The van der Waals surface area contributed by atoms with Crippen molar-refractivity contribution in [3.05, 3.63) is 29.3 Å². The van der Waals surface area contributed by atoms with E-state index in [1.54, 1.807) is 0 Å².